The quantitative estimate of drug-likeness (QED) is 0.625. The number of aliphatic hydroxyl groups is 1. The minimum atomic E-state index is -0.558. The highest BCUT2D eigenvalue weighted by atomic mass is 16.3. The van der Waals surface area contributed by atoms with Gasteiger partial charge in [-0.2, -0.15) is 0 Å². The minimum absolute atomic E-state index is 0.460. The second kappa shape index (κ2) is 3.88. The number of hydrogen-bond donors (Lipinski definition) is 2. The van der Waals surface area contributed by atoms with Gasteiger partial charge in [0, 0.05) is 12.4 Å². The zero-order valence-electron chi connectivity index (χ0n) is 6.36. The van der Waals surface area contributed by atoms with E-state index in [1.165, 1.54) is 0 Å². The molecule has 1 rings (SSSR count). The van der Waals surface area contributed by atoms with Crippen molar-refractivity contribution >= 4 is 5.95 Å². The molecule has 1 heterocycles. The molecule has 4 nitrogen and oxygen atoms in total. The van der Waals surface area contributed by atoms with Crippen LogP contribution in [0.4, 0.5) is 5.95 Å². The maximum absolute atomic E-state index is 9.12. The molecule has 11 heavy (non-hydrogen) atoms. The highest BCUT2D eigenvalue weighted by Crippen LogP contribution is 1.97. The predicted octanol–water partition coefficient (Wildman–Crippen LogP) is 0.617. The van der Waals surface area contributed by atoms with E-state index in [1.54, 1.807) is 18.5 Å². The number of anilines is 1. The zero-order valence-corrected chi connectivity index (χ0v) is 6.36. The van der Waals surface area contributed by atoms with Gasteiger partial charge in [0.1, 0.15) is 6.23 Å². The van der Waals surface area contributed by atoms with Gasteiger partial charge in [-0.25, -0.2) is 9.97 Å². The van der Waals surface area contributed by atoms with Crippen LogP contribution in [0, 0.1) is 0 Å². The standard InChI is InChI=1S/C7H11N3O/c1-2-6(11)10-7-8-4-3-5-9-7/h3-6,11H,2H2,1H3,(H,8,9,10). The molecule has 2 N–H and O–H groups in total. The average molecular weight is 153 g/mol. The van der Waals surface area contributed by atoms with Crippen LogP contribution in [0.15, 0.2) is 18.5 Å². The summed E-state index contributed by atoms with van der Waals surface area (Å²) in [6.07, 6.45) is 3.32. The molecular weight excluding hydrogens is 142 g/mol. The van der Waals surface area contributed by atoms with Gasteiger partial charge in [0.05, 0.1) is 0 Å². The fourth-order valence-electron chi connectivity index (χ4n) is 0.625. The first kappa shape index (κ1) is 7.94. The molecule has 0 aliphatic rings. The summed E-state index contributed by atoms with van der Waals surface area (Å²) in [5.74, 6) is 0.460. The molecule has 0 bridgehead atoms. The molecule has 0 radical (unpaired) electrons. The van der Waals surface area contributed by atoms with Crippen molar-refractivity contribution in [2.45, 2.75) is 19.6 Å². The summed E-state index contributed by atoms with van der Waals surface area (Å²) in [5, 5.41) is 11.8. The van der Waals surface area contributed by atoms with Crippen LogP contribution in [-0.2, 0) is 0 Å². The van der Waals surface area contributed by atoms with E-state index in [0.717, 1.165) is 0 Å². The SMILES string of the molecule is CCC(O)Nc1ncccn1. The van der Waals surface area contributed by atoms with Crippen molar-refractivity contribution in [3.05, 3.63) is 18.5 Å². The third kappa shape index (κ3) is 2.51. The monoisotopic (exact) mass is 153 g/mol. The lowest BCUT2D eigenvalue weighted by molar-refractivity contribution is 0.198. The molecule has 1 atom stereocenters. The maximum atomic E-state index is 9.12. The molecule has 0 saturated carbocycles. The Morgan fingerprint density at radius 1 is 1.55 bits per heavy atom. The zero-order chi connectivity index (χ0) is 8.10. The van der Waals surface area contributed by atoms with Crippen molar-refractivity contribution in [1.82, 2.24) is 9.97 Å². The van der Waals surface area contributed by atoms with E-state index in [2.05, 4.69) is 15.3 Å². The van der Waals surface area contributed by atoms with Crippen molar-refractivity contribution in [2.24, 2.45) is 0 Å². The first-order chi connectivity index (χ1) is 5.33. The van der Waals surface area contributed by atoms with Crippen LogP contribution in [0.2, 0.25) is 0 Å². The van der Waals surface area contributed by atoms with Gasteiger partial charge >= 0.3 is 0 Å². The second-order valence-corrected chi connectivity index (χ2v) is 2.14. The van der Waals surface area contributed by atoms with Gasteiger partial charge in [-0.15, -0.1) is 0 Å². The Morgan fingerprint density at radius 3 is 2.73 bits per heavy atom. The van der Waals surface area contributed by atoms with Crippen LogP contribution in [-0.4, -0.2) is 21.3 Å². The lowest BCUT2D eigenvalue weighted by Gasteiger charge is -2.08. The van der Waals surface area contributed by atoms with E-state index in [9.17, 15) is 0 Å². The molecule has 0 aromatic carbocycles. The number of nitrogens with zero attached hydrogens (tertiary/aromatic N) is 2. The molecule has 0 aliphatic carbocycles. The van der Waals surface area contributed by atoms with Crippen molar-refractivity contribution in [3.63, 3.8) is 0 Å². The van der Waals surface area contributed by atoms with Gasteiger partial charge in [0.15, 0.2) is 0 Å². The molecular formula is C7H11N3O. The number of aromatic nitrogens is 2. The van der Waals surface area contributed by atoms with Gasteiger partial charge in [-0.1, -0.05) is 6.92 Å². The maximum Gasteiger partial charge on any atom is 0.224 e. The molecule has 0 aliphatic heterocycles. The third-order valence-electron chi connectivity index (χ3n) is 1.25. The highest BCUT2D eigenvalue weighted by molar-refractivity contribution is 5.22. The normalized spacial score (nSPS) is 12.5. The van der Waals surface area contributed by atoms with Crippen LogP contribution in [0.1, 0.15) is 13.3 Å². The Bertz CT molecular complexity index is 202. The van der Waals surface area contributed by atoms with E-state index < -0.39 is 6.23 Å². The van der Waals surface area contributed by atoms with E-state index in [4.69, 9.17) is 5.11 Å². The number of nitrogens with one attached hydrogen (secondary N) is 1. The lowest BCUT2D eigenvalue weighted by Crippen LogP contribution is -2.18. The first-order valence-electron chi connectivity index (χ1n) is 3.54. The topological polar surface area (TPSA) is 58.0 Å². The van der Waals surface area contributed by atoms with Gasteiger partial charge in [0.2, 0.25) is 5.95 Å². The Balaban J connectivity index is 2.51. The smallest absolute Gasteiger partial charge is 0.224 e. The summed E-state index contributed by atoms with van der Waals surface area (Å²) >= 11 is 0. The predicted molar refractivity (Wildman–Crippen MR) is 42.0 cm³/mol. The Kier molecular flexibility index (Phi) is 2.80. The van der Waals surface area contributed by atoms with Crippen LogP contribution < -0.4 is 5.32 Å². The molecule has 1 aromatic rings. The van der Waals surface area contributed by atoms with Gasteiger partial charge in [-0.3, -0.25) is 0 Å². The van der Waals surface area contributed by atoms with E-state index in [-0.39, 0.29) is 0 Å². The summed E-state index contributed by atoms with van der Waals surface area (Å²) in [5.41, 5.74) is 0. The summed E-state index contributed by atoms with van der Waals surface area (Å²) in [6.45, 7) is 1.88. The lowest BCUT2D eigenvalue weighted by atomic mass is 10.4. The van der Waals surface area contributed by atoms with Crippen molar-refractivity contribution in [1.29, 1.82) is 0 Å². The number of hydrogen-bond acceptors (Lipinski definition) is 4. The van der Waals surface area contributed by atoms with Crippen LogP contribution in [0.5, 0.6) is 0 Å². The molecule has 0 amide bonds. The summed E-state index contributed by atoms with van der Waals surface area (Å²) in [7, 11) is 0. The van der Waals surface area contributed by atoms with Gasteiger partial charge in [-0.05, 0) is 12.5 Å². The van der Waals surface area contributed by atoms with E-state index in [1.807, 2.05) is 6.92 Å². The van der Waals surface area contributed by atoms with Crippen molar-refractivity contribution in [2.75, 3.05) is 5.32 Å². The largest absolute Gasteiger partial charge is 0.374 e. The number of rotatable bonds is 3. The molecule has 60 valence electrons. The first-order valence-corrected chi connectivity index (χ1v) is 3.54. The summed E-state index contributed by atoms with van der Waals surface area (Å²) < 4.78 is 0. The molecule has 0 fully saturated rings. The van der Waals surface area contributed by atoms with E-state index in [0.29, 0.717) is 12.4 Å². The molecule has 1 aromatic heterocycles. The molecule has 1 unspecified atom stereocenters. The van der Waals surface area contributed by atoms with Gasteiger partial charge in [0.25, 0.3) is 0 Å². The summed E-state index contributed by atoms with van der Waals surface area (Å²) in [6, 6.07) is 1.73. The van der Waals surface area contributed by atoms with Crippen LogP contribution >= 0.6 is 0 Å². The highest BCUT2D eigenvalue weighted by Gasteiger charge is 1.99. The Labute approximate surface area is 65.3 Å². The minimum Gasteiger partial charge on any atom is -0.374 e. The molecule has 4 heteroatoms. The van der Waals surface area contributed by atoms with Crippen molar-refractivity contribution < 1.29 is 5.11 Å². The Morgan fingerprint density at radius 2 is 2.18 bits per heavy atom. The van der Waals surface area contributed by atoms with Crippen LogP contribution in [0.25, 0.3) is 0 Å². The number of aliphatic hydroxyl groups excluding tert-OH is 1. The fraction of sp³-hybridized carbons (Fsp3) is 0.429. The molecule has 0 spiro atoms. The van der Waals surface area contributed by atoms with Gasteiger partial charge < -0.3 is 10.4 Å². The van der Waals surface area contributed by atoms with E-state index >= 15 is 0 Å². The third-order valence-corrected chi connectivity index (χ3v) is 1.25. The molecule has 0 saturated heterocycles. The summed E-state index contributed by atoms with van der Waals surface area (Å²) in [4.78, 5) is 7.77. The average Bonchev–Trinajstić information content (AvgIpc) is 2.06. The van der Waals surface area contributed by atoms with Crippen molar-refractivity contribution in [3.8, 4) is 0 Å². The Hall–Kier alpha value is -1.16. The van der Waals surface area contributed by atoms with Crippen LogP contribution in [0.3, 0.4) is 0 Å². The second-order valence-electron chi connectivity index (χ2n) is 2.14. The fourth-order valence-corrected chi connectivity index (χ4v) is 0.625.